The number of rotatable bonds is 9. The summed E-state index contributed by atoms with van der Waals surface area (Å²) >= 11 is 0. The minimum Gasteiger partial charge on any atom is -0.497 e. The van der Waals surface area contributed by atoms with E-state index in [0.29, 0.717) is 24.5 Å². The number of carbonyl (C=O) groups excluding carboxylic acids is 2. The number of hydrogen-bond donors (Lipinski definition) is 3. The lowest BCUT2D eigenvalue weighted by Gasteiger charge is -2.34. The fourth-order valence-corrected chi connectivity index (χ4v) is 5.74. The van der Waals surface area contributed by atoms with Crippen molar-refractivity contribution < 1.29 is 24.2 Å². The van der Waals surface area contributed by atoms with Crippen LogP contribution in [-0.2, 0) is 17.8 Å². The van der Waals surface area contributed by atoms with E-state index >= 15 is 0 Å². The lowest BCUT2D eigenvalue weighted by Crippen LogP contribution is -2.47. The summed E-state index contributed by atoms with van der Waals surface area (Å²) in [5, 5.41) is 15.9. The first-order valence-electron chi connectivity index (χ1n) is 14.8. The van der Waals surface area contributed by atoms with Crippen molar-refractivity contribution in [3.63, 3.8) is 0 Å². The molecule has 3 atom stereocenters. The van der Waals surface area contributed by atoms with Gasteiger partial charge in [0.15, 0.2) is 0 Å². The second-order valence-corrected chi connectivity index (χ2v) is 11.7. The molecule has 1 heterocycles. The molecule has 0 spiro atoms. The molecule has 2 aliphatic rings. The molecular formula is C32H46N4O5. The number of ether oxygens (including phenoxy) is 2. The maximum Gasteiger partial charge on any atom is 0.319 e. The smallest absolute Gasteiger partial charge is 0.319 e. The third kappa shape index (κ3) is 8.60. The largest absolute Gasteiger partial charge is 0.497 e. The van der Waals surface area contributed by atoms with Crippen LogP contribution in [0.4, 0.5) is 10.5 Å². The Bertz CT molecular complexity index is 1150. The van der Waals surface area contributed by atoms with Crippen LogP contribution in [0.1, 0.15) is 57.1 Å². The van der Waals surface area contributed by atoms with E-state index in [0.717, 1.165) is 49.1 Å². The molecule has 1 saturated carbocycles. The fourth-order valence-electron chi connectivity index (χ4n) is 5.74. The molecule has 9 heteroatoms. The van der Waals surface area contributed by atoms with Crippen LogP contribution in [0.2, 0.25) is 0 Å². The van der Waals surface area contributed by atoms with Gasteiger partial charge in [-0.1, -0.05) is 38.3 Å². The van der Waals surface area contributed by atoms with Crippen molar-refractivity contribution >= 4 is 17.6 Å². The van der Waals surface area contributed by atoms with Gasteiger partial charge < -0.3 is 30.1 Å². The fraction of sp³-hybridized carbons (Fsp3) is 0.562. The van der Waals surface area contributed by atoms with Crippen LogP contribution in [0.15, 0.2) is 42.5 Å². The third-order valence-electron chi connectivity index (χ3n) is 8.22. The zero-order chi connectivity index (χ0) is 29.4. The van der Waals surface area contributed by atoms with Crippen LogP contribution in [-0.4, -0.2) is 78.9 Å². The number of urea groups is 1. The number of methoxy groups -OCH3 is 1. The number of nitrogens with zero attached hydrogens (tertiary/aromatic N) is 2. The van der Waals surface area contributed by atoms with Crippen molar-refractivity contribution in [3.8, 4) is 11.5 Å². The van der Waals surface area contributed by atoms with Gasteiger partial charge in [0.25, 0.3) is 0 Å². The highest BCUT2D eigenvalue weighted by atomic mass is 16.5. The van der Waals surface area contributed by atoms with Crippen molar-refractivity contribution in [1.29, 1.82) is 0 Å². The molecule has 3 amide bonds. The molecule has 1 fully saturated rings. The first-order chi connectivity index (χ1) is 19.7. The van der Waals surface area contributed by atoms with Gasteiger partial charge in [0.05, 0.1) is 26.2 Å². The van der Waals surface area contributed by atoms with Crippen molar-refractivity contribution in [3.05, 3.63) is 53.6 Å². The number of fused-ring (bicyclic) bond motifs is 1. The predicted molar refractivity (Wildman–Crippen MR) is 160 cm³/mol. The predicted octanol–water partition coefficient (Wildman–Crippen LogP) is 4.43. The molecule has 0 radical (unpaired) electrons. The molecule has 2 aromatic rings. The minimum atomic E-state index is -0.313. The van der Waals surface area contributed by atoms with Crippen LogP contribution >= 0.6 is 0 Å². The number of likely N-dealkylation sites (N-methyl/N-ethyl adjacent to an activating group) is 1. The van der Waals surface area contributed by atoms with Crippen molar-refractivity contribution in [1.82, 2.24) is 15.1 Å². The molecule has 0 unspecified atom stereocenters. The molecule has 9 nitrogen and oxygen atoms in total. The van der Waals surface area contributed by atoms with Crippen LogP contribution in [0.3, 0.4) is 0 Å². The van der Waals surface area contributed by atoms with Crippen LogP contribution in [0.5, 0.6) is 11.5 Å². The average molecular weight is 567 g/mol. The maximum atomic E-state index is 13.5. The van der Waals surface area contributed by atoms with E-state index in [4.69, 9.17) is 9.47 Å². The normalized spacial score (nSPS) is 20.7. The van der Waals surface area contributed by atoms with Gasteiger partial charge in [-0.2, -0.15) is 0 Å². The van der Waals surface area contributed by atoms with E-state index < -0.39 is 0 Å². The standard InChI is InChI=1S/C32H46N4O5/c1-22-18-36(23(2)21-37)31(38)17-25-16-27(34-32(39)33-26-8-6-5-7-9-26)12-15-29(25)41-30(22)20-35(3)19-24-10-13-28(40-4)14-11-24/h10-16,22-23,26,30,37H,5-9,17-21H2,1-4H3,(H2,33,34,39)/t22-,23+,30-/m1/s1. The Labute approximate surface area is 244 Å². The van der Waals surface area contributed by atoms with Gasteiger partial charge in [-0.05, 0) is 62.7 Å². The number of hydrogen-bond acceptors (Lipinski definition) is 6. The lowest BCUT2D eigenvalue weighted by atomic mass is 9.96. The first-order valence-corrected chi connectivity index (χ1v) is 14.8. The molecule has 1 aliphatic heterocycles. The molecule has 3 N–H and O–H groups in total. The van der Waals surface area contributed by atoms with E-state index in [1.807, 2.05) is 37.3 Å². The van der Waals surface area contributed by atoms with E-state index in [-0.39, 0.29) is 49.1 Å². The summed E-state index contributed by atoms with van der Waals surface area (Å²) in [6, 6.07) is 13.2. The summed E-state index contributed by atoms with van der Waals surface area (Å²) in [6.45, 7) is 5.70. The molecular weight excluding hydrogens is 520 g/mol. The molecule has 224 valence electrons. The third-order valence-corrected chi connectivity index (χ3v) is 8.22. The number of aliphatic hydroxyl groups is 1. The van der Waals surface area contributed by atoms with E-state index in [2.05, 4.69) is 41.6 Å². The van der Waals surface area contributed by atoms with Gasteiger partial charge in [-0.15, -0.1) is 0 Å². The lowest BCUT2D eigenvalue weighted by molar-refractivity contribution is -0.134. The molecule has 0 bridgehead atoms. The van der Waals surface area contributed by atoms with E-state index in [1.54, 1.807) is 12.0 Å². The second kappa shape index (κ2) is 14.5. The Kier molecular flexibility index (Phi) is 10.9. The van der Waals surface area contributed by atoms with Gasteiger partial charge in [0.1, 0.15) is 17.6 Å². The zero-order valence-corrected chi connectivity index (χ0v) is 24.9. The Hall–Kier alpha value is -3.30. The molecule has 41 heavy (non-hydrogen) atoms. The Morgan fingerprint density at radius 2 is 1.90 bits per heavy atom. The summed E-state index contributed by atoms with van der Waals surface area (Å²) in [5.41, 5.74) is 2.51. The van der Waals surface area contributed by atoms with Crippen LogP contribution in [0.25, 0.3) is 0 Å². The number of nitrogens with one attached hydrogen (secondary N) is 2. The van der Waals surface area contributed by atoms with Gasteiger partial charge in [0, 0.05) is 42.8 Å². The van der Waals surface area contributed by atoms with E-state index in [9.17, 15) is 14.7 Å². The number of anilines is 1. The highest BCUT2D eigenvalue weighted by molar-refractivity contribution is 5.90. The van der Waals surface area contributed by atoms with Crippen LogP contribution in [0, 0.1) is 5.92 Å². The average Bonchev–Trinajstić information content (AvgIpc) is 3.01. The number of carbonyl (C=O) groups is 2. The zero-order valence-electron chi connectivity index (χ0n) is 24.9. The maximum absolute atomic E-state index is 13.5. The van der Waals surface area contributed by atoms with Gasteiger partial charge in [-0.25, -0.2) is 4.79 Å². The molecule has 1 aliphatic carbocycles. The summed E-state index contributed by atoms with van der Waals surface area (Å²) in [7, 11) is 3.72. The Balaban J connectivity index is 1.52. The minimum absolute atomic E-state index is 0.0105. The number of amides is 3. The number of benzene rings is 2. The van der Waals surface area contributed by atoms with Crippen LogP contribution < -0.4 is 20.1 Å². The number of aliphatic hydroxyl groups excluding tert-OH is 1. The Morgan fingerprint density at radius 1 is 1.17 bits per heavy atom. The van der Waals surface area contributed by atoms with Gasteiger partial charge >= 0.3 is 6.03 Å². The summed E-state index contributed by atoms with van der Waals surface area (Å²) in [6.07, 6.45) is 5.44. The van der Waals surface area contributed by atoms with Crippen molar-refractivity contribution in [2.75, 3.05) is 39.2 Å². The highest BCUT2D eigenvalue weighted by Gasteiger charge is 2.31. The monoisotopic (exact) mass is 566 g/mol. The summed E-state index contributed by atoms with van der Waals surface area (Å²) in [4.78, 5) is 30.2. The second-order valence-electron chi connectivity index (χ2n) is 11.7. The summed E-state index contributed by atoms with van der Waals surface area (Å²) in [5.74, 6) is 1.41. The molecule has 2 aromatic carbocycles. The topological polar surface area (TPSA) is 103 Å². The molecule has 0 saturated heterocycles. The van der Waals surface area contributed by atoms with E-state index in [1.165, 1.54) is 6.42 Å². The Morgan fingerprint density at radius 3 is 2.59 bits per heavy atom. The quantitative estimate of drug-likeness (QED) is 0.415. The van der Waals surface area contributed by atoms with Crippen molar-refractivity contribution in [2.24, 2.45) is 5.92 Å². The highest BCUT2D eigenvalue weighted by Crippen LogP contribution is 2.29. The molecule has 4 rings (SSSR count). The van der Waals surface area contributed by atoms with Gasteiger partial charge in [-0.3, -0.25) is 9.69 Å². The van der Waals surface area contributed by atoms with Crippen molar-refractivity contribution in [2.45, 2.75) is 77.1 Å². The van der Waals surface area contributed by atoms with Gasteiger partial charge in [0.2, 0.25) is 5.91 Å². The SMILES string of the molecule is COc1ccc(CN(C)C[C@H]2Oc3ccc(NC(=O)NC4CCCCC4)cc3CC(=O)N([C@@H](C)CO)C[C@H]2C)cc1. The first kappa shape index (κ1) is 30.7. The molecule has 0 aromatic heterocycles. The summed E-state index contributed by atoms with van der Waals surface area (Å²) < 4.78 is 11.9.